The maximum atomic E-state index is 13.0. The predicted molar refractivity (Wildman–Crippen MR) is 95.6 cm³/mol. The van der Waals surface area contributed by atoms with Gasteiger partial charge < -0.3 is 10.2 Å². The van der Waals surface area contributed by atoms with Crippen LogP contribution >= 0.6 is 11.6 Å². The maximum absolute atomic E-state index is 13.0. The number of rotatable bonds is 6. The van der Waals surface area contributed by atoms with Crippen molar-refractivity contribution in [3.05, 3.63) is 70.5 Å². The third-order valence-electron chi connectivity index (χ3n) is 3.98. The number of carbonyl (C=O) groups is 2. The molecule has 132 valence electrons. The fourth-order valence-corrected chi connectivity index (χ4v) is 2.68. The summed E-state index contributed by atoms with van der Waals surface area (Å²) in [6, 6.07) is 12.3. The summed E-state index contributed by atoms with van der Waals surface area (Å²) in [6.07, 6.45) is 0.0755. The first kappa shape index (κ1) is 18.9. The first-order chi connectivity index (χ1) is 11.9. The minimum atomic E-state index is -0.658. The van der Waals surface area contributed by atoms with Crippen LogP contribution in [0.15, 0.2) is 48.5 Å². The van der Waals surface area contributed by atoms with Crippen LogP contribution in [-0.2, 0) is 22.6 Å². The lowest BCUT2D eigenvalue weighted by Crippen LogP contribution is -2.47. The Morgan fingerprint density at radius 3 is 2.40 bits per heavy atom. The van der Waals surface area contributed by atoms with E-state index >= 15 is 0 Å². The molecule has 6 heteroatoms. The third kappa shape index (κ3) is 5.03. The molecule has 0 heterocycles. The van der Waals surface area contributed by atoms with Crippen molar-refractivity contribution in [1.29, 1.82) is 0 Å². The first-order valence-corrected chi connectivity index (χ1v) is 8.29. The average molecular weight is 363 g/mol. The molecule has 0 saturated heterocycles. The Morgan fingerprint density at radius 2 is 1.80 bits per heavy atom. The van der Waals surface area contributed by atoms with Crippen molar-refractivity contribution in [2.75, 3.05) is 7.05 Å². The Labute approximate surface area is 151 Å². The van der Waals surface area contributed by atoms with Crippen molar-refractivity contribution < 1.29 is 14.0 Å². The minimum absolute atomic E-state index is 0.0755. The Kier molecular flexibility index (Phi) is 6.53. The van der Waals surface area contributed by atoms with Crippen molar-refractivity contribution in [3.63, 3.8) is 0 Å². The molecule has 2 aromatic rings. The molecule has 25 heavy (non-hydrogen) atoms. The van der Waals surface area contributed by atoms with Gasteiger partial charge in [0.25, 0.3) is 0 Å². The minimum Gasteiger partial charge on any atom is -0.357 e. The molecule has 0 unspecified atom stereocenters. The van der Waals surface area contributed by atoms with Crippen LogP contribution in [0.4, 0.5) is 4.39 Å². The average Bonchev–Trinajstić information content (AvgIpc) is 2.61. The molecular formula is C19H20ClFN2O2. The summed E-state index contributed by atoms with van der Waals surface area (Å²) in [5, 5.41) is 3.09. The fraction of sp³-hybridized carbons (Fsp3) is 0.263. The summed E-state index contributed by atoms with van der Waals surface area (Å²) >= 11 is 6.19. The lowest BCUT2D eigenvalue weighted by atomic mass is 10.1. The molecule has 0 saturated carbocycles. The monoisotopic (exact) mass is 362 g/mol. The van der Waals surface area contributed by atoms with Gasteiger partial charge in [-0.1, -0.05) is 41.9 Å². The Balaban J connectivity index is 2.23. The second-order valence-electron chi connectivity index (χ2n) is 5.71. The van der Waals surface area contributed by atoms with E-state index in [0.717, 1.165) is 5.56 Å². The predicted octanol–water partition coefficient (Wildman–Crippen LogP) is 3.18. The molecule has 1 N–H and O–H groups in total. The summed E-state index contributed by atoms with van der Waals surface area (Å²) in [4.78, 5) is 26.3. The lowest BCUT2D eigenvalue weighted by molar-refractivity contribution is -0.139. The number of nitrogens with one attached hydrogen (secondary N) is 1. The molecular weight excluding hydrogens is 343 g/mol. The van der Waals surface area contributed by atoms with Crippen LogP contribution < -0.4 is 5.32 Å². The second kappa shape index (κ2) is 8.62. The molecule has 0 radical (unpaired) electrons. The first-order valence-electron chi connectivity index (χ1n) is 7.91. The number of benzene rings is 2. The molecule has 1 atom stereocenters. The Morgan fingerprint density at radius 1 is 1.16 bits per heavy atom. The lowest BCUT2D eigenvalue weighted by Gasteiger charge is -2.28. The molecule has 4 nitrogen and oxygen atoms in total. The van der Waals surface area contributed by atoms with Crippen LogP contribution in [0, 0.1) is 5.82 Å². The van der Waals surface area contributed by atoms with Crippen LogP contribution in [0.25, 0.3) is 0 Å². The summed E-state index contributed by atoms with van der Waals surface area (Å²) in [6.45, 7) is 1.88. The van der Waals surface area contributed by atoms with Crippen molar-refractivity contribution >= 4 is 23.4 Å². The van der Waals surface area contributed by atoms with E-state index in [0.29, 0.717) is 10.6 Å². The molecule has 0 fully saturated rings. The van der Waals surface area contributed by atoms with Gasteiger partial charge in [-0.3, -0.25) is 9.59 Å². The number of carbonyl (C=O) groups excluding carboxylic acids is 2. The van der Waals surface area contributed by atoms with E-state index < -0.39 is 6.04 Å². The molecule has 2 amide bonds. The molecule has 0 aliphatic heterocycles. The van der Waals surface area contributed by atoms with Gasteiger partial charge in [-0.25, -0.2) is 4.39 Å². The summed E-state index contributed by atoms with van der Waals surface area (Å²) in [5.74, 6) is -0.856. The molecule has 2 rings (SSSR count). The van der Waals surface area contributed by atoms with E-state index in [4.69, 9.17) is 11.6 Å². The second-order valence-corrected chi connectivity index (χ2v) is 6.11. The van der Waals surface area contributed by atoms with Crippen molar-refractivity contribution in [1.82, 2.24) is 10.2 Å². The summed E-state index contributed by atoms with van der Waals surface area (Å²) in [7, 11) is 1.52. The molecule has 0 bridgehead atoms. The number of amides is 2. The molecule has 0 aliphatic rings. The van der Waals surface area contributed by atoms with Gasteiger partial charge in [-0.2, -0.15) is 0 Å². The van der Waals surface area contributed by atoms with Gasteiger partial charge in [0, 0.05) is 18.6 Å². The van der Waals surface area contributed by atoms with E-state index in [1.807, 2.05) is 12.1 Å². The van der Waals surface area contributed by atoms with Crippen molar-refractivity contribution in [2.45, 2.75) is 25.9 Å². The van der Waals surface area contributed by atoms with Crippen LogP contribution in [0.5, 0.6) is 0 Å². The number of hydrogen-bond acceptors (Lipinski definition) is 2. The van der Waals surface area contributed by atoms with E-state index in [9.17, 15) is 14.0 Å². The van der Waals surface area contributed by atoms with E-state index in [1.54, 1.807) is 31.2 Å². The highest BCUT2D eigenvalue weighted by Crippen LogP contribution is 2.19. The van der Waals surface area contributed by atoms with Crippen molar-refractivity contribution in [2.24, 2.45) is 0 Å². The quantitative estimate of drug-likeness (QED) is 0.858. The van der Waals surface area contributed by atoms with E-state index in [2.05, 4.69) is 5.32 Å². The zero-order chi connectivity index (χ0) is 18.4. The number of halogens is 2. The van der Waals surface area contributed by atoms with E-state index in [1.165, 1.54) is 24.1 Å². The topological polar surface area (TPSA) is 49.4 Å². The third-order valence-corrected chi connectivity index (χ3v) is 4.35. The summed E-state index contributed by atoms with van der Waals surface area (Å²) in [5.41, 5.74) is 1.44. The molecule has 0 spiro atoms. The van der Waals surface area contributed by atoms with Gasteiger partial charge in [-0.05, 0) is 36.2 Å². The van der Waals surface area contributed by atoms with Gasteiger partial charge in [0.05, 0.1) is 6.42 Å². The summed E-state index contributed by atoms with van der Waals surface area (Å²) < 4.78 is 13.0. The maximum Gasteiger partial charge on any atom is 0.242 e. The van der Waals surface area contributed by atoms with Gasteiger partial charge >= 0.3 is 0 Å². The number of likely N-dealkylation sites (N-methyl/N-ethyl adjacent to an activating group) is 1. The molecule has 0 aromatic heterocycles. The van der Waals surface area contributed by atoms with Gasteiger partial charge in [0.1, 0.15) is 11.9 Å². The Bertz CT molecular complexity index is 749. The standard InChI is InChI=1S/C19H20ClFN2O2/c1-13(19(25)22-2)23(12-15-5-3-4-6-17(15)20)18(24)11-14-7-9-16(21)10-8-14/h3-10,13H,11-12H2,1-2H3,(H,22,25)/t13-/m1/s1. The smallest absolute Gasteiger partial charge is 0.242 e. The largest absolute Gasteiger partial charge is 0.357 e. The highest BCUT2D eigenvalue weighted by molar-refractivity contribution is 6.31. The fourth-order valence-electron chi connectivity index (χ4n) is 2.48. The van der Waals surface area contributed by atoms with E-state index in [-0.39, 0.29) is 30.6 Å². The van der Waals surface area contributed by atoms with Crippen LogP contribution in [0.1, 0.15) is 18.1 Å². The number of hydrogen-bond donors (Lipinski definition) is 1. The normalized spacial score (nSPS) is 11.7. The highest BCUT2D eigenvalue weighted by atomic mass is 35.5. The number of nitrogens with zero attached hydrogens (tertiary/aromatic N) is 1. The van der Waals surface area contributed by atoms with Crippen LogP contribution in [0.3, 0.4) is 0 Å². The van der Waals surface area contributed by atoms with Gasteiger partial charge in [0.2, 0.25) is 11.8 Å². The molecule has 0 aliphatic carbocycles. The van der Waals surface area contributed by atoms with Gasteiger partial charge in [0.15, 0.2) is 0 Å². The highest BCUT2D eigenvalue weighted by Gasteiger charge is 2.26. The van der Waals surface area contributed by atoms with Crippen molar-refractivity contribution in [3.8, 4) is 0 Å². The molecule has 2 aromatic carbocycles. The van der Waals surface area contributed by atoms with Crippen LogP contribution in [0.2, 0.25) is 5.02 Å². The zero-order valence-electron chi connectivity index (χ0n) is 14.1. The Hall–Kier alpha value is -2.40. The SMILES string of the molecule is CNC(=O)[C@@H](C)N(Cc1ccccc1Cl)C(=O)Cc1ccc(F)cc1. The zero-order valence-corrected chi connectivity index (χ0v) is 14.9. The van der Waals surface area contributed by atoms with Crippen LogP contribution in [-0.4, -0.2) is 29.8 Å². The van der Waals surface area contributed by atoms with Gasteiger partial charge in [-0.15, -0.1) is 0 Å².